The van der Waals surface area contributed by atoms with Gasteiger partial charge in [0.05, 0.1) is 13.7 Å². The van der Waals surface area contributed by atoms with E-state index in [1.807, 2.05) is 30.3 Å². The molecule has 2 nitrogen and oxygen atoms in total. The van der Waals surface area contributed by atoms with Gasteiger partial charge in [-0.15, -0.1) is 0 Å². The molecule has 18 heavy (non-hydrogen) atoms. The number of methoxy groups -OCH3 is 1. The van der Waals surface area contributed by atoms with Crippen LogP contribution in [0.5, 0.6) is 11.5 Å². The summed E-state index contributed by atoms with van der Waals surface area (Å²) < 4.78 is 10.9. The van der Waals surface area contributed by atoms with E-state index in [4.69, 9.17) is 9.47 Å². The molecular weight excluding hydrogens is 224 g/mol. The van der Waals surface area contributed by atoms with Crippen LogP contribution in [-0.2, 0) is 6.42 Å². The van der Waals surface area contributed by atoms with Gasteiger partial charge in [0.2, 0.25) is 0 Å². The first-order valence-corrected chi connectivity index (χ1v) is 6.10. The first-order chi connectivity index (χ1) is 8.78. The van der Waals surface area contributed by atoms with Gasteiger partial charge in [-0.3, -0.25) is 0 Å². The number of rotatable bonds is 5. The van der Waals surface area contributed by atoms with E-state index in [0.29, 0.717) is 6.61 Å². The lowest BCUT2D eigenvalue weighted by Crippen LogP contribution is -2.01. The van der Waals surface area contributed by atoms with Crippen LogP contribution in [0, 0.1) is 6.92 Å². The van der Waals surface area contributed by atoms with Crippen molar-refractivity contribution in [2.45, 2.75) is 13.3 Å². The van der Waals surface area contributed by atoms with Crippen molar-refractivity contribution in [3.63, 3.8) is 0 Å². The third kappa shape index (κ3) is 3.52. The molecule has 2 aromatic rings. The number of ether oxygens (including phenoxy) is 2. The van der Waals surface area contributed by atoms with Gasteiger partial charge in [-0.2, -0.15) is 0 Å². The Morgan fingerprint density at radius 1 is 0.944 bits per heavy atom. The Kier molecular flexibility index (Phi) is 4.24. The van der Waals surface area contributed by atoms with Gasteiger partial charge in [-0.05, 0) is 36.8 Å². The Morgan fingerprint density at radius 3 is 2.44 bits per heavy atom. The van der Waals surface area contributed by atoms with E-state index in [1.165, 1.54) is 11.1 Å². The minimum atomic E-state index is 0.677. The van der Waals surface area contributed by atoms with Crippen molar-refractivity contribution in [2.24, 2.45) is 0 Å². The third-order valence-electron chi connectivity index (χ3n) is 2.81. The predicted molar refractivity (Wildman–Crippen MR) is 73.4 cm³/mol. The molecule has 0 N–H and O–H groups in total. The van der Waals surface area contributed by atoms with Gasteiger partial charge >= 0.3 is 0 Å². The van der Waals surface area contributed by atoms with Gasteiger partial charge in [0.15, 0.2) is 0 Å². The molecule has 0 aliphatic carbocycles. The van der Waals surface area contributed by atoms with E-state index in [0.717, 1.165) is 17.9 Å². The van der Waals surface area contributed by atoms with Gasteiger partial charge in [0, 0.05) is 6.42 Å². The average molecular weight is 242 g/mol. The zero-order valence-corrected chi connectivity index (χ0v) is 10.8. The van der Waals surface area contributed by atoms with Crippen molar-refractivity contribution in [1.82, 2.24) is 0 Å². The van der Waals surface area contributed by atoms with E-state index in [-0.39, 0.29) is 0 Å². The molecular formula is C16H18O2. The third-order valence-corrected chi connectivity index (χ3v) is 2.81. The monoisotopic (exact) mass is 242 g/mol. The molecule has 0 aliphatic rings. The van der Waals surface area contributed by atoms with Gasteiger partial charge in [-0.1, -0.05) is 29.8 Å². The van der Waals surface area contributed by atoms with Gasteiger partial charge in [0.25, 0.3) is 0 Å². The number of hydrogen-bond acceptors (Lipinski definition) is 2. The van der Waals surface area contributed by atoms with Crippen LogP contribution in [0.3, 0.4) is 0 Å². The first-order valence-electron chi connectivity index (χ1n) is 6.10. The van der Waals surface area contributed by atoms with Gasteiger partial charge in [-0.25, -0.2) is 0 Å². The molecule has 0 saturated heterocycles. The highest BCUT2D eigenvalue weighted by atomic mass is 16.5. The standard InChI is InChI=1S/C16H18O2/c1-13-6-8-15(9-7-13)18-11-10-14-4-3-5-16(12-14)17-2/h3-9,12H,10-11H2,1-2H3. The largest absolute Gasteiger partial charge is 0.497 e. The second-order valence-electron chi connectivity index (χ2n) is 4.26. The molecule has 0 fully saturated rings. The minimum absolute atomic E-state index is 0.677. The van der Waals surface area contributed by atoms with Crippen LogP contribution in [0.1, 0.15) is 11.1 Å². The van der Waals surface area contributed by atoms with Crippen LogP contribution in [-0.4, -0.2) is 13.7 Å². The quantitative estimate of drug-likeness (QED) is 0.797. The van der Waals surface area contributed by atoms with Crippen molar-refractivity contribution < 1.29 is 9.47 Å². The Balaban J connectivity index is 1.86. The maximum absolute atomic E-state index is 5.70. The highest BCUT2D eigenvalue weighted by molar-refractivity contribution is 5.29. The van der Waals surface area contributed by atoms with Crippen LogP contribution in [0.15, 0.2) is 48.5 Å². The maximum Gasteiger partial charge on any atom is 0.119 e. The molecule has 0 radical (unpaired) electrons. The molecule has 0 unspecified atom stereocenters. The van der Waals surface area contributed by atoms with Crippen LogP contribution < -0.4 is 9.47 Å². The Hall–Kier alpha value is -1.96. The van der Waals surface area contributed by atoms with E-state index in [1.54, 1.807) is 7.11 Å². The van der Waals surface area contributed by atoms with Crippen molar-refractivity contribution in [3.05, 3.63) is 59.7 Å². The smallest absolute Gasteiger partial charge is 0.119 e. The van der Waals surface area contributed by atoms with Crippen molar-refractivity contribution in [3.8, 4) is 11.5 Å². The fourth-order valence-corrected chi connectivity index (χ4v) is 1.75. The molecule has 0 heterocycles. The van der Waals surface area contributed by atoms with E-state index >= 15 is 0 Å². The summed E-state index contributed by atoms with van der Waals surface area (Å²) in [6, 6.07) is 16.2. The fraction of sp³-hybridized carbons (Fsp3) is 0.250. The predicted octanol–water partition coefficient (Wildman–Crippen LogP) is 3.63. The molecule has 0 atom stereocenters. The number of aryl methyl sites for hydroxylation is 1. The van der Waals surface area contributed by atoms with E-state index in [9.17, 15) is 0 Å². The summed E-state index contributed by atoms with van der Waals surface area (Å²) in [5, 5.41) is 0. The molecule has 0 spiro atoms. The normalized spacial score (nSPS) is 10.1. The molecule has 94 valence electrons. The lowest BCUT2D eigenvalue weighted by Gasteiger charge is -2.07. The van der Waals surface area contributed by atoms with Crippen LogP contribution in [0.4, 0.5) is 0 Å². The highest BCUT2D eigenvalue weighted by Gasteiger charge is 1.97. The van der Waals surface area contributed by atoms with E-state index < -0.39 is 0 Å². The van der Waals surface area contributed by atoms with Gasteiger partial charge < -0.3 is 9.47 Å². The summed E-state index contributed by atoms with van der Waals surface area (Å²) in [6.45, 7) is 2.75. The van der Waals surface area contributed by atoms with E-state index in [2.05, 4.69) is 25.1 Å². The first kappa shape index (κ1) is 12.5. The number of benzene rings is 2. The summed E-state index contributed by atoms with van der Waals surface area (Å²) >= 11 is 0. The summed E-state index contributed by atoms with van der Waals surface area (Å²) in [6.07, 6.45) is 0.880. The Bertz CT molecular complexity index is 489. The lowest BCUT2D eigenvalue weighted by atomic mass is 10.1. The lowest BCUT2D eigenvalue weighted by molar-refractivity contribution is 0.321. The summed E-state index contributed by atoms with van der Waals surface area (Å²) in [5.74, 6) is 1.81. The van der Waals surface area contributed by atoms with Crippen molar-refractivity contribution in [1.29, 1.82) is 0 Å². The number of hydrogen-bond donors (Lipinski definition) is 0. The zero-order valence-electron chi connectivity index (χ0n) is 10.8. The molecule has 2 heteroatoms. The summed E-state index contributed by atoms with van der Waals surface area (Å²) in [5.41, 5.74) is 2.47. The summed E-state index contributed by atoms with van der Waals surface area (Å²) in [4.78, 5) is 0. The van der Waals surface area contributed by atoms with Crippen molar-refractivity contribution in [2.75, 3.05) is 13.7 Å². The topological polar surface area (TPSA) is 18.5 Å². The Morgan fingerprint density at radius 2 is 1.72 bits per heavy atom. The average Bonchev–Trinajstić information content (AvgIpc) is 2.41. The molecule has 2 aromatic carbocycles. The maximum atomic E-state index is 5.70. The molecule has 0 amide bonds. The molecule has 0 saturated carbocycles. The highest BCUT2D eigenvalue weighted by Crippen LogP contribution is 2.15. The summed E-state index contributed by atoms with van der Waals surface area (Å²) in [7, 11) is 1.68. The second kappa shape index (κ2) is 6.10. The minimum Gasteiger partial charge on any atom is -0.497 e. The molecule has 0 bridgehead atoms. The van der Waals surface area contributed by atoms with Crippen molar-refractivity contribution >= 4 is 0 Å². The van der Waals surface area contributed by atoms with Crippen LogP contribution in [0.25, 0.3) is 0 Å². The molecule has 0 aliphatic heterocycles. The van der Waals surface area contributed by atoms with Gasteiger partial charge in [0.1, 0.15) is 11.5 Å². The SMILES string of the molecule is COc1cccc(CCOc2ccc(C)cc2)c1. The fourth-order valence-electron chi connectivity index (χ4n) is 1.75. The second-order valence-corrected chi connectivity index (χ2v) is 4.26. The molecule has 0 aromatic heterocycles. The molecule has 2 rings (SSSR count). The van der Waals surface area contributed by atoms with Crippen LogP contribution in [0.2, 0.25) is 0 Å². The Labute approximate surface area is 108 Å². The van der Waals surface area contributed by atoms with Crippen LogP contribution >= 0.6 is 0 Å². The zero-order chi connectivity index (χ0) is 12.8.